The van der Waals surface area contributed by atoms with E-state index in [1.807, 2.05) is 0 Å². The molecule has 2 N–H and O–H groups in total. The fraction of sp³-hybridized carbons (Fsp3) is 1.00. The van der Waals surface area contributed by atoms with E-state index < -0.39 is 0 Å². The SMILES string of the molecule is CCN(C)CCNCC(O)COCC1CC1. The molecule has 1 aliphatic carbocycles. The normalized spacial score (nSPS) is 18.0. The molecule has 1 fully saturated rings. The van der Waals surface area contributed by atoms with Gasteiger partial charge in [-0.15, -0.1) is 0 Å². The molecule has 0 saturated heterocycles. The number of aliphatic hydroxyl groups excluding tert-OH is 1. The highest BCUT2D eigenvalue weighted by molar-refractivity contribution is 4.72. The number of nitrogens with zero attached hydrogens (tertiary/aromatic N) is 1. The van der Waals surface area contributed by atoms with Crippen LogP contribution in [0.15, 0.2) is 0 Å². The van der Waals surface area contributed by atoms with Crippen LogP contribution in [0.3, 0.4) is 0 Å². The molecule has 0 aromatic heterocycles. The Hall–Kier alpha value is -0.160. The highest BCUT2D eigenvalue weighted by Gasteiger charge is 2.21. The van der Waals surface area contributed by atoms with Gasteiger partial charge < -0.3 is 20.1 Å². The van der Waals surface area contributed by atoms with Crippen molar-refractivity contribution in [1.29, 1.82) is 0 Å². The highest BCUT2D eigenvalue weighted by atomic mass is 16.5. The lowest BCUT2D eigenvalue weighted by atomic mass is 10.3. The van der Waals surface area contributed by atoms with E-state index in [0.29, 0.717) is 13.2 Å². The molecule has 0 aromatic carbocycles. The maximum Gasteiger partial charge on any atom is 0.0897 e. The van der Waals surface area contributed by atoms with Gasteiger partial charge in [0.25, 0.3) is 0 Å². The van der Waals surface area contributed by atoms with Crippen LogP contribution in [0.1, 0.15) is 19.8 Å². The zero-order valence-corrected chi connectivity index (χ0v) is 10.6. The molecular weight excluding hydrogens is 204 g/mol. The summed E-state index contributed by atoms with van der Waals surface area (Å²) in [6.07, 6.45) is 2.24. The van der Waals surface area contributed by atoms with E-state index in [2.05, 4.69) is 24.2 Å². The maximum absolute atomic E-state index is 9.60. The molecule has 0 aromatic rings. The molecular formula is C12H26N2O2. The fourth-order valence-corrected chi connectivity index (χ4v) is 1.41. The van der Waals surface area contributed by atoms with Crippen molar-refractivity contribution in [3.63, 3.8) is 0 Å². The van der Waals surface area contributed by atoms with Crippen LogP contribution in [0.2, 0.25) is 0 Å². The van der Waals surface area contributed by atoms with E-state index in [0.717, 1.165) is 32.2 Å². The minimum Gasteiger partial charge on any atom is -0.389 e. The molecule has 0 heterocycles. The monoisotopic (exact) mass is 230 g/mol. The largest absolute Gasteiger partial charge is 0.389 e. The number of likely N-dealkylation sites (N-methyl/N-ethyl adjacent to an activating group) is 1. The Bertz CT molecular complexity index is 174. The summed E-state index contributed by atoms with van der Waals surface area (Å²) in [5.41, 5.74) is 0. The summed E-state index contributed by atoms with van der Waals surface area (Å²) >= 11 is 0. The van der Waals surface area contributed by atoms with Crippen molar-refractivity contribution in [1.82, 2.24) is 10.2 Å². The first-order valence-electron chi connectivity index (χ1n) is 6.37. The third-order valence-electron chi connectivity index (χ3n) is 2.95. The Morgan fingerprint density at radius 3 is 2.88 bits per heavy atom. The Morgan fingerprint density at radius 1 is 1.50 bits per heavy atom. The summed E-state index contributed by atoms with van der Waals surface area (Å²) in [5, 5.41) is 12.8. The Balaban J connectivity index is 1.83. The molecule has 1 unspecified atom stereocenters. The van der Waals surface area contributed by atoms with E-state index in [1.165, 1.54) is 12.8 Å². The number of nitrogens with one attached hydrogen (secondary N) is 1. The van der Waals surface area contributed by atoms with Gasteiger partial charge in [-0.2, -0.15) is 0 Å². The smallest absolute Gasteiger partial charge is 0.0897 e. The van der Waals surface area contributed by atoms with Crippen molar-refractivity contribution in [3.05, 3.63) is 0 Å². The summed E-state index contributed by atoms with van der Waals surface area (Å²) in [7, 11) is 2.09. The van der Waals surface area contributed by atoms with E-state index in [-0.39, 0.29) is 6.10 Å². The molecule has 0 aliphatic heterocycles. The summed E-state index contributed by atoms with van der Waals surface area (Å²) in [5.74, 6) is 0.776. The molecule has 0 amide bonds. The number of hydrogen-bond acceptors (Lipinski definition) is 4. The number of ether oxygens (including phenoxy) is 1. The summed E-state index contributed by atoms with van der Waals surface area (Å²) in [6, 6.07) is 0. The number of aliphatic hydroxyl groups is 1. The molecule has 96 valence electrons. The third kappa shape index (κ3) is 7.17. The van der Waals surface area contributed by atoms with E-state index in [4.69, 9.17) is 4.74 Å². The first-order chi connectivity index (χ1) is 7.72. The second kappa shape index (κ2) is 8.01. The van der Waals surface area contributed by atoms with Gasteiger partial charge in [0.2, 0.25) is 0 Å². The van der Waals surface area contributed by atoms with E-state index in [1.54, 1.807) is 0 Å². The molecule has 1 rings (SSSR count). The van der Waals surface area contributed by atoms with E-state index >= 15 is 0 Å². The van der Waals surface area contributed by atoms with Crippen LogP contribution in [0.4, 0.5) is 0 Å². The van der Waals surface area contributed by atoms with Gasteiger partial charge in [-0.1, -0.05) is 6.92 Å². The average molecular weight is 230 g/mol. The molecule has 16 heavy (non-hydrogen) atoms. The predicted molar refractivity (Wildman–Crippen MR) is 65.6 cm³/mol. The Labute approximate surface area is 99.0 Å². The van der Waals surface area contributed by atoms with Gasteiger partial charge in [-0.3, -0.25) is 0 Å². The highest BCUT2D eigenvalue weighted by Crippen LogP contribution is 2.28. The molecule has 0 bridgehead atoms. The van der Waals surface area contributed by atoms with Crippen LogP contribution in [0.25, 0.3) is 0 Å². The number of rotatable bonds is 10. The second-order valence-electron chi connectivity index (χ2n) is 4.73. The van der Waals surface area contributed by atoms with Crippen LogP contribution in [-0.2, 0) is 4.74 Å². The fourth-order valence-electron chi connectivity index (χ4n) is 1.41. The quantitative estimate of drug-likeness (QED) is 0.530. The number of hydrogen-bond donors (Lipinski definition) is 2. The zero-order chi connectivity index (χ0) is 11.8. The maximum atomic E-state index is 9.60. The van der Waals surface area contributed by atoms with Gasteiger partial charge in [0.05, 0.1) is 12.7 Å². The lowest BCUT2D eigenvalue weighted by Gasteiger charge is -2.16. The minimum absolute atomic E-state index is 0.370. The summed E-state index contributed by atoms with van der Waals surface area (Å²) in [6.45, 7) is 7.07. The van der Waals surface area contributed by atoms with Gasteiger partial charge >= 0.3 is 0 Å². The average Bonchev–Trinajstić information content (AvgIpc) is 3.08. The van der Waals surface area contributed by atoms with E-state index in [9.17, 15) is 5.11 Å². The van der Waals surface area contributed by atoms with Gasteiger partial charge in [-0.05, 0) is 32.4 Å². The van der Waals surface area contributed by atoms with Crippen LogP contribution in [0.5, 0.6) is 0 Å². The van der Waals surface area contributed by atoms with Crippen LogP contribution >= 0.6 is 0 Å². The van der Waals surface area contributed by atoms with Crippen molar-refractivity contribution in [2.75, 3.05) is 46.4 Å². The Kier molecular flexibility index (Phi) is 6.96. The molecule has 4 heteroatoms. The van der Waals surface area contributed by atoms with Crippen LogP contribution in [0, 0.1) is 5.92 Å². The van der Waals surface area contributed by atoms with Crippen molar-refractivity contribution in [2.24, 2.45) is 5.92 Å². The molecule has 4 nitrogen and oxygen atoms in total. The Morgan fingerprint density at radius 2 is 2.25 bits per heavy atom. The molecule has 1 atom stereocenters. The van der Waals surface area contributed by atoms with Gasteiger partial charge in [0, 0.05) is 26.2 Å². The van der Waals surface area contributed by atoms with Crippen LogP contribution < -0.4 is 5.32 Å². The summed E-state index contributed by atoms with van der Waals surface area (Å²) < 4.78 is 5.42. The standard InChI is InChI=1S/C12H26N2O2/c1-3-14(2)7-6-13-8-12(15)10-16-9-11-4-5-11/h11-13,15H,3-10H2,1-2H3. The van der Waals surface area contributed by atoms with Crippen molar-refractivity contribution < 1.29 is 9.84 Å². The molecule has 1 aliphatic rings. The molecule has 1 saturated carbocycles. The lowest BCUT2D eigenvalue weighted by Crippen LogP contribution is -2.35. The van der Waals surface area contributed by atoms with Gasteiger partial charge in [0.1, 0.15) is 0 Å². The first-order valence-corrected chi connectivity index (χ1v) is 6.37. The van der Waals surface area contributed by atoms with Gasteiger partial charge in [-0.25, -0.2) is 0 Å². The van der Waals surface area contributed by atoms with Crippen molar-refractivity contribution in [2.45, 2.75) is 25.9 Å². The van der Waals surface area contributed by atoms with Crippen molar-refractivity contribution in [3.8, 4) is 0 Å². The minimum atomic E-state index is -0.370. The molecule has 0 radical (unpaired) electrons. The van der Waals surface area contributed by atoms with Gasteiger partial charge in [0.15, 0.2) is 0 Å². The second-order valence-corrected chi connectivity index (χ2v) is 4.73. The summed E-state index contributed by atoms with van der Waals surface area (Å²) in [4.78, 5) is 2.24. The topological polar surface area (TPSA) is 44.7 Å². The first kappa shape index (κ1) is 13.9. The van der Waals surface area contributed by atoms with Crippen LogP contribution in [-0.4, -0.2) is 62.6 Å². The van der Waals surface area contributed by atoms with Crippen molar-refractivity contribution >= 4 is 0 Å². The third-order valence-corrected chi connectivity index (χ3v) is 2.95. The predicted octanol–water partition coefficient (Wildman–Crippen LogP) is 0.315. The lowest BCUT2D eigenvalue weighted by molar-refractivity contribution is 0.0324. The molecule has 0 spiro atoms. The zero-order valence-electron chi connectivity index (χ0n) is 10.6.